The Bertz CT molecular complexity index is 690. The molecule has 6 nitrogen and oxygen atoms in total. The molecular weight excluding hydrogens is 290 g/mol. The Morgan fingerprint density at radius 2 is 2.04 bits per heavy atom. The number of carbonyl (C=O) groups is 1. The molecule has 0 aliphatic carbocycles. The third-order valence-corrected chi connectivity index (χ3v) is 5.17. The summed E-state index contributed by atoms with van der Waals surface area (Å²) < 4.78 is 3.68. The van der Waals surface area contributed by atoms with Crippen molar-refractivity contribution in [2.45, 2.75) is 37.8 Å². The number of hydrogen-bond donors (Lipinski definition) is 1. The molecule has 0 saturated carbocycles. The van der Waals surface area contributed by atoms with Crippen molar-refractivity contribution >= 4 is 5.91 Å². The van der Waals surface area contributed by atoms with Crippen molar-refractivity contribution in [3.63, 3.8) is 0 Å². The first-order valence-corrected chi connectivity index (χ1v) is 8.44. The molecule has 1 amide bonds. The van der Waals surface area contributed by atoms with E-state index in [2.05, 4.69) is 15.3 Å². The van der Waals surface area contributed by atoms with Gasteiger partial charge in [0.1, 0.15) is 11.4 Å². The summed E-state index contributed by atoms with van der Waals surface area (Å²) in [6.45, 7) is 2.28. The highest BCUT2D eigenvalue weighted by molar-refractivity contribution is 5.97. The third kappa shape index (κ3) is 2.57. The van der Waals surface area contributed by atoms with Crippen molar-refractivity contribution in [3.8, 4) is 5.82 Å². The molecule has 1 N–H and O–H groups in total. The number of piperidine rings is 1. The summed E-state index contributed by atoms with van der Waals surface area (Å²) in [6.07, 6.45) is 10.3. The Kier molecular flexibility index (Phi) is 3.69. The Hall–Kier alpha value is -2.08. The second-order valence-corrected chi connectivity index (χ2v) is 6.56. The van der Waals surface area contributed by atoms with E-state index in [0.717, 1.165) is 18.8 Å². The lowest BCUT2D eigenvalue weighted by Gasteiger charge is -2.32. The van der Waals surface area contributed by atoms with Gasteiger partial charge in [-0.15, -0.1) is 0 Å². The Labute approximate surface area is 136 Å². The van der Waals surface area contributed by atoms with E-state index in [1.807, 2.05) is 36.1 Å². The summed E-state index contributed by atoms with van der Waals surface area (Å²) in [7, 11) is 1.87. The van der Waals surface area contributed by atoms with Crippen molar-refractivity contribution in [1.82, 2.24) is 24.6 Å². The van der Waals surface area contributed by atoms with Gasteiger partial charge >= 0.3 is 0 Å². The fourth-order valence-electron chi connectivity index (χ4n) is 4.04. The smallest absolute Gasteiger partial charge is 0.256 e. The number of amides is 1. The lowest BCUT2D eigenvalue weighted by Crippen LogP contribution is -2.46. The minimum Gasteiger partial charge on any atom is -0.348 e. The molecule has 4 heterocycles. The van der Waals surface area contributed by atoms with Crippen LogP contribution >= 0.6 is 0 Å². The number of carbonyl (C=O) groups excluding carboxylic acids is 1. The molecule has 2 aliphatic rings. The number of aromatic nitrogens is 3. The second-order valence-electron chi connectivity index (χ2n) is 6.56. The average Bonchev–Trinajstić information content (AvgIpc) is 3.27. The zero-order chi connectivity index (χ0) is 15.8. The van der Waals surface area contributed by atoms with Gasteiger partial charge in [-0.1, -0.05) is 6.42 Å². The molecule has 2 aliphatic heterocycles. The predicted octanol–water partition coefficient (Wildman–Crippen LogP) is 1.57. The molecule has 0 spiro atoms. The SMILES string of the molecule is Cn1ncc(C(=O)N[C@@H]2CCN3CCCC[C@H]23)c1-n1cccc1. The van der Waals surface area contributed by atoms with Gasteiger partial charge in [0, 0.05) is 38.1 Å². The van der Waals surface area contributed by atoms with E-state index in [9.17, 15) is 4.79 Å². The van der Waals surface area contributed by atoms with E-state index in [4.69, 9.17) is 0 Å². The molecule has 0 aromatic carbocycles. The Morgan fingerprint density at radius 3 is 2.87 bits per heavy atom. The molecule has 2 aromatic rings. The molecule has 4 rings (SSSR count). The quantitative estimate of drug-likeness (QED) is 0.936. The summed E-state index contributed by atoms with van der Waals surface area (Å²) in [5.41, 5.74) is 0.637. The monoisotopic (exact) mass is 313 g/mol. The molecule has 0 bridgehead atoms. The fraction of sp³-hybridized carbons (Fsp3) is 0.529. The van der Waals surface area contributed by atoms with Crippen LogP contribution in [0.1, 0.15) is 36.0 Å². The van der Waals surface area contributed by atoms with Crippen LogP contribution in [0, 0.1) is 0 Å². The van der Waals surface area contributed by atoms with E-state index >= 15 is 0 Å². The van der Waals surface area contributed by atoms with Crippen molar-refractivity contribution in [2.75, 3.05) is 13.1 Å². The number of fused-ring (bicyclic) bond motifs is 1. The predicted molar refractivity (Wildman–Crippen MR) is 87.6 cm³/mol. The molecule has 6 heteroatoms. The second kappa shape index (κ2) is 5.85. The maximum absolute atomic E-state index is 12.8. The van der Waals surface area contributed by atoms with E-state index in [1.54, 1.807) is 10.9 Å². The highest BCUT2D eigenvalue weighted by Gasteiger charge is 2.36. The van der Waals surface area contributed by atoms with Crippen molar-refractivity contribution < 1.29 is 4.79 Å². The van der Waals surface area contributed by atoms with Crippen LogP contribution in [0.25, 0.3) is 5.82 Å². The molecule has 2 fully saturated rings. The number of rotatable bonds is 3. The van der Waals surface area contributed by atoms with Crippen LogP contribution in [0.4, 0.5) is 0 Å². The minimum absolute atomic E-state index is 0.0146. The van der Waals surface area contributed by atoms with Crippen molar-refractivity contribution in [1.29, 1.82) is 0 Å². The molecule has 0 unspecified atom stereocenters. The van der Waals surface area contributed by atoms with Gasteiger partial charge < -0.3 is 9.88 Å². The largest absolute Gasteiger partial charge is 0.348 e. The van der Waals surface area contributed by atoms with Crippen LogP contribution < -0.4 is 5.32 Å². The van der Waals surface area contributed by atoms with E-state index in [-0.39, 0.29) is 11.9 Å². The van der Waals surface area contributed by atoms with Crippen LogP contribution in [0.3, 0.4) is 0 Å². The maximum Gasteiger partial charge on any atom is 0.256 e. The third-order valence-electron chi connectivity index (χ3n) is 5.17. The number of aryl methyl sites for hydroxylation is 1. The van der Waals surface area contributed by atoms with Crippen molar-refractivity contribution in [3.05, 3.63) is 36.3 Å². The van der Waals surface area contributed by atoms with Gasteiger partial charge in [-0.25, -0.2) is 0 Å². The first kappa shape index (κ1) is 14.5. The van der Waals surface area contributed by atoms with Crippen molar-refractivity contribution in [2.24, 2.45) is 7.05 Å². The molecule has 2 atom stereocenters. The summed E-state index contributed by atoms with van der Waals surface area (Å²) in [5, 5.41) is 7.54. The summed E-state index contributed by atoms with van der Waals surface area (Å²) in [5.74, 6) is 0.797. The number of nitrogens with one attached hydrogen (secondary N) is 1. The summed E-state index contributed by atoms with van der Waals surface area (Å²) >= 11 is 0. The van der Waals surface area contributed by atoms with Gasteiger partial charge in [0.05, 0.1) is 6.20 Å². The lowest BCUT2D eigenvalue weighted by molar-refractivity contribution is 0.0915. The van der Waals surface area contributed by atoms with E-state index in [0.29, 0.717) is 11.6 Å². The summed E-state index contributed by atoms with van der Waals surface area (Å²) in [4.78, 5) is 15.3. The normalized spacial score (nSPS) is 24.6. The Morgan fingerprint density at radius 1 is 1.22 bits per heavy atom. The zero-order valence-electron chi connectivity index (χ0n) is 13.5. The molecule has 122 valence electrons. The van der Waals surface area contributed by atoms with Gasteiger partial charge in [0.25, 0.3) is 5.91 Å². The zero-order valence-corrected chi connectivity index (χ0v) is 13.5. The molecular formula is C17H23N5O. The average molecular weight is 313 g/mol. The van der Waals surface area contributed by atoms with Crippen LogP contribution in [0.15, 0.2) is 30.7 Å². The number of nitrogens with zero attached hydrogens (tertiary/aromatic N) is 4. The van der Waals surface area contributed by atoms with Gasteiger partial charge in [0.2, 0.25) is 0 Å². The van der Waals surface area contributed by atoms with E-state index in [1.165, 1.54) is 25.8 Å². The topological polar surface area (TPSA) is 55.1 Å². The standard InChI is InChI=1S/C17H23N5O/c1-20-17(22-9-4-5-10-22)13(12-18-20)16(23)19-14-7-11-21-8-3-2-6-15(14)21/h4-5,9-10,12,14-15H,2-3,6-8,11H2,1H3,(H,19,23)/t14-,15-/m1/s1. The number of hydrogen-bond acceptors (Lipinski definition) is 3. The maximum atomic E-state index is 12.8. The molecule has 23 heavy (non-hydrogen) atoms. The molecule has 2 saturated heterocycles. The first-order valence-electron chi connectivity index (χ1n) is 8.44. The highest BCUT2D eigenvalue weighted by Crippen LogP contribution is 2.27. The van der Waals surface area contributed by atoms with Gasteiger partial charge in [0.15, 0.2) is 0 Å². The van der Waals surface area contributed by atoms with E-state index < -0.39 is 0 Å². The fourth-order valence-corrected chi connectivity index (χ4v) is 4.04. The molecule has 0 radical (unpaired) electrons. The van der Waals surface area contributed by atoms with Crippen LogP contribution in [0.5, 0.6) is 0 Å². The Balaban J connectivity index is 1.54. The van der Waals surface area contributed by atoms with Gasteiger partial charge in [-0.2, -0.15) is 5.10 Å². The van der Waals surface area contributed by atoms with Crippen LogP contribution in [-0.4, -0.2) is 50.3 Å². The molecule has 2 aromatic heterocycles. The highest BCUT2D eigenvalue weighted by atomic mass is 16.1. The lowest BCUT2D eigenvalue weighted by atomic mass is 9.99. The van der Waals surface area contributed by atoms with Crippen LogP contribution in [0.2, 0.25) is 0 Å². The summed E-state index contributed by atoms with van der Waals surface area (Å²) in [6, 6.07) is 4.68. The minimum atomic E-state index is -0.0146. The van der Waals surface area contributed by atoms with Gasteiger partial charge in [-0.3, -0.25) is 14.4 Å². The van der Waals surface area contributed by atoms with Crippen LogP contribution in [-0.2, 0) is 7.05 Å². The van der Waals surface area contributed by atoms with Gasteiger partial charge in [-0.05, 0) is 37.9 Å². The first-order chi connectivity index (χ1) is 11.2.